The van der Waals surface area contributed by atoms with Gasteiger partial charge < -0.3 is 30.8 Å². The molecule has 0 spiro atoms. The molecule has 0 saturated carbocycles. The van der Waals surface area contributed by atoms with Gasteiger partial charge in [0.05, 0.1) is 12.7 Å². The van der Waals surface area contributed by atoms with Crippen molar-refractivity contribution in [2.75, 3.05) is 13.2 Å². The summed E-state index contributed by atoms with van der Waals surface area (Å²) in [4.78, 5) is 11.8. The summed E-state index contributed by atoms with van der Waals surface area (Å²) in [6, 6.07) is 0. The normalized spacial score (nSPS) is 15.4. The molecule has 0 unspecified atom stereocenters. The fourth-order valence-electron chi connectivity index (χ4n) is 3.65. The van der Waals surface area contributed by atoms with Gasteiger partial charge >= 0.3 is 0 Å². The number of aliphatic hydroxyl groups is 5. The number of hydrogen-bond acceptors (Lipinski definition) is 6. The maximum Gasteiger partial charge on any atom is 0.220 e. The summed E-state index contributed by atoms with van der Waals surface area (Å²) in [6.07, 6.45) is 13.1. The number of hydrogen-bond donors (Lipinski definition) is 6. The van der Waals surface area contributed by atoms with Crippen LogP contribution in [-0.2, 0) is 4.79 Å². The first-order valence-electron chi connectivity index (χ1n) is 12.5. The van der Waals surface area contributed by atoms with Crippen LogP contribution in [0.15, 0.2) is 0 Å². The summed E-state index contributed by atoms with van der Waals surface area (Å²) in [5, 5.41) is 49.5. The zero-order valence-corrected chi connectivity index (χ0v) is 19.7. The van der Waals surface area contributed by atoms with E-state index in [2.05, 4.69) is 12.2 Å². The van der Waals surface area contributed by atoms with Crippen molar-refractivity contribution in [1.29, 1.82) is 0 Å². The Morgan fingerprint density at radius 1 is 0.645 bits per heavy atom. The van der Waals surface area contributed by atoms with E-state index in [1.54, 1.807) is 0 Å². The zero-order chi connectivity index (χ0) is 23.3. The van der Waals surface area contributed by atoms with Crippen LogP contribution in [0.3, 0.4) is 0 Å². The van der Waals surface area contributed by atoms with Gasteiger partial charge in [0, 0.05) is 13.0 Å². The van der Waals surface area contributed by atoms with E-state index in [1.165, 1.54) is 77.0 Å². The summed E-state index contributed by atoms with van der Waals surface area (Å²) in [6.45, 7) is 1.31. The molecule has 0 aromatic rings. The Labute approximate surface area is 189 Å². The van der Waals surface area contributed by atoms with E-state index in [-0.39, 0.29) is 12.5 Å². The maximum absolute atomic E-state index is 11.8. The molecule has 31 heavy (non-hydrogen) atoms. The van der Waals surface area contributed by atoms with Crippen molar-refractivity contribution >= 4 is 5.91 Å². The molecule has 0 heterocycles. The quantitative estimate of drug-likeness (QED) is 0.142. The SMILES string of the molecule is CCCCCCCCCCCCCCCCCC(=O)NC[C@H](O)[C@@H](O)[C@H](O)[C@H](O)CO. The molecule has 6 N–H and O–H groups in total. The lowest BCUT2D eigenvalue weighted by Crippen LogP contribution is -2.49. The second-order valence-corrected chi connectivity index (χ2v) is 8.80. The van der Waals surface area contributed by atoms with Crippen LogP contribution in [0.5, 0.6) is 0 Å². The first-order chi connectivity index (χ1) is 14.9. The van der Waals surface area contributed by atoms with Gasteiger partial charge in [0.2, 0.25) is 5.91 Å². The van der Waals surface area contributed by atoms with E-state index in [4.69, 9.17) is 5.11 Å². The van der Waals surface area contributed by atoms with Gasteiger partial charge in [-0.1, -0.05) is 96.8 Å². The second-order valence-electron chi connectivity index (χ2n) is 8.80. The average molecular weight is 448 g/mol. The van der Waals surface area contributed by atoms with Crippen molar-refractivity contribution in [2.24, 2.45) is 0 Å². The zero-order valence-electron chi connectivity index (χ0n) is 19.7. The minimum atomic E-state index is -1.67. The topological polar surface area (TPSA) is 130 Å². The smallest absolute Gasteiger partial charge is 0.220 e. The Balaban J connectivity index is 3.46. The van der Waals surface area contributed by atoms with E-state index in [1.807, 2.05) is 0 Å². The molecule has 0 rings (SSSR count). The van der Waals surface area contributed by atoms with Gasteiger partial charge in [0.25, 0.3) is 0 Å². The van der Waals surface area contributed by atoms with E-state index < -0.39 is 31.0 Å². The van der Waals surface area contributed by atoms with Gasteiger partial charge in [-0.25, -0.2) is 0 Å². The lowest BCUT2D eigenvalue weighted by molar-refractivity contribution is -0.126. The predicted molar refractivity (Wildman–Crippen MR) is 124 cm³/mol. The number of unbranched alkanes of at least 4 members (excludes halogenated alkanes) is 14. The molecule has 0 aromatic carbocycles. The van der Waals surface area contributed by atoms with Crippen LogP contribution < -0.4 is 5.32 Å². The molecule has 0 bridgehead atoms. The first kappa shape index (κ1) is 30.3. The van der Waals surface area contributed by atoms with Crippen molar-refractivity contribution in [3.05, 3.63) is 0 Å². The highest BCUT2D eigenvalue weighted by Crippen LogP contribution is 2.13. The standard InChI is InChI=1S/C24H49NO6/c1-2-3-4-5-6-7-8-9-10-11-12-13-14-15-16-17-22(29)25-18-20(27)23(30)24(31)21(28)19-26/h20-21,23-24,26-28,30-31H,2-19H2,1H3,(H,25,29)/t20-,21+,23+,24+/m0/s1. The highest BCUT2D eigenvalue weighted by Gasteiger charge is 2.30. The van der Waals surface area contributed by atoms with Gasteiger partial charge in [0.1, 0.15) is 18.3 Å². The highest BCUT2D eigenvalue weighted by atomic mass is 16.4. The number of aliphatic hydroxyl groups excluding tert-OH is 5. The summed E-state index contributed by atoms with van der Waals surface area (Å²) in [7, 11) is 0. The molecule has 0 radical (unpaired) electrons. The van der Waals surface area contributed by atoms with E-state index in [9.17, 15) is 25.2 Å². The molecular formula is C24H49NO6. The molecule has 0 saturated heterocycles. The number of amides is 1. The van der Waals surface area contributed by atoms with Crippen LogP contribution in [0.25, 0.3) is 0 Å². The number of nitrogens with one attached hydrogen (secondary N) is 1. The number of rotatable bonds is 22. The number of carbonyl (C=O) groups is 1. The summed E-state index contributed by atoms with van der Waals surface area (Å²) in [5.41, 5.74) is 0. The Bertz CT molecular complexity index is 410. The number of carbonyl (C=O) groups excluding carboxylic acids is 1. The third-order valence-electron chi connectivity index (χ3n) is 5.84. The van der Waals surface area contributed by atoms with Gasteiger partial charge in [-0.15, -0.1) is 0 Å². The van der Waals surface area contributed by atoms with Crippen molar-refractivity contribution in [3.8, 4) is 0 Å². The average Bonchev–Trinajstić information content (AvgIpc) is 2.78. The molecule has 0 aliphatic carbocycles. The Hall–Kier alpha value is -0.730. The van der Waals surface area contributed by atoms with E-state index in [0.29, 0.717) is 6.42 Å². The molecule has 4 atom stereocenters. The van der Waals surface area contributed by atoms with Crippen molar-refractivity contribution in [2.45, 2.75) is 134 Å². The monoisotopic (exact) mass is 447 g/mol. The Morgan fingerprint density at radius 2 is 1.03 bits per heavy atom. The maximum atomic E-state index is 11.8. The summed E-state index contributed by atoms with van der Waals surface area (Å²) >= 11 is 0. The van der Waals surface area contributed by atoms with Crippen molar-refractivity contribution in [1.82, 2.24) is 5.32 Å². The summed E-state index contributed by atoms with van der Waals surface area (Å²) < 4.78 is 0. The van der Waals surface area contributed by atoms with Crippen LogP contribution >= 0.6 is 0 Å². The third kappa shape index (κ3) is 17.5. The minimum Gasteiger partial charge on any atom is -0.394 e. The molecule has 1 amide bonds. The van der Waals surface area contributed by atoms with Crippen LogP contribution in [0.1, 0.15) is 110 Å². The van der Waals surface area contributed by atoms with Crippen LogP contribution in [-0.4, -0.2) is 69.0 Å². The molecule has 7 nitrogen and oxygen atoms in total. The fourth-order valence-corrected chi connectivity index (χ4v) is 3.65. The largest absolute Gasteiger partial charge is 0.394 e. The molecule has 0 aliphatic heterocycles. The molecule has 0 aromatic heterocycles. The molecule has 0 aliphatic rings. The highest BCUT2D eigenvalue weighted by molar-refractivity contribution is 5.75. The van der Waals surface area contributed by atoms with Crippen LogP contribution in [0, 0.1) is 0 Å². The Morgan fingerprint density at radius 3 is 1.45 bits per heavy atom. The first-order valence-corrected chi connectivity index (χ1v) is 12.5. The van der Waals surface area contributed by atoms with Gasteiger partial charge in [-0.2, -0.15) is 0 Å². The molecular weight excluding hydrogens is 398 g/mol. The lowest BCUT2D eigenvalue weighted by Gasteiger charge is -2.25. The van der Waals surface area contributed by atoms with Crippen molar-refractivity contribution < 1.29 is 30.3 Å². The minimum absolute atomic E-state index is 0.210. The van der Waals surface area contributed by atoms with Crippen LogP contribution in [0.4, 0.5) is 0 Å². The fraction of sp³-hybridized carbons (Fsp3) is 0.958. The van der Waals surface area contributed by atoms with Gasteiger partial charge in [-0.3, -0.25) is 4.79 Å². The molecule has 0 fully saturated rings. The van der Waals surface area contributed by atoms with Gasteiger partial charge in [0.15, 0.2) is 0 Å². The van der Waals surface area contributed by atoms with Gasteiger partial charge in [-0.05, 0) is 6.42 Å². The van der Waals surface area contributed by atoms with E-state index >= 15 is 0 Å². The molecule has 7 heteroatoms. The molecule has 186 valence electrons. The van der Waals surface area contributed by atoms with Crippen LogP contribution in [0.2, 0.25) is 0 Å². The second kappa shape index (κ2) is 21.1. The predicted octanol–water partition coefficient (Wildman–Crippen LogP) is 2.80. The van der Waals surface area contributed by atoms with Crippen molar-refractivity contribution in [3.63, 3.8) is 0 Å². The summed E-state index contributed by atoms with van der Waals surface area (Å²) in [5.74, 6) is -0.210. The Kier molecular flexibility index (Phi) is 20.6. The van der Waals surface area contributed by atoms with E-state index in [0.717, 1.165) is 19.3 Å². The third-order valence-corrected chi connectivity index (χ3v) is 5.84. The lowest BCUT2D eigenvalue weighted by atomic mass is 10.0.